The lowest BCUT2D eigenvalue weighted by atomic mass is 10.1. The average molecular weight is 297 g/mol. The first kappa shape index (κ1) is 14.4. The molecule has 1 aromatic rings. The molecule has 1 aromatic carbocycles. The van der Waals surface area contributed by atoms with Crippen LogP contribution in [0.5, 0.6) is 0 Å². The smallest absolute Gasteiger partial charge is 0.225 e. The summed E-state index contributed by atoms with van der Waals surface area (Å²) in [5.74, 6) is 0.939. The van der Waals surface area contributed by atoms with Crippen LogP contribution in [0.15, 0.2) is 29.3 Å². The van der Waals surface area contributed by atoms with Crippen molar-refractivity contribution in [2.45, 2.75) is 25.1 Å². The van der Waals surface area contributed by atoms with Crippen molar-refractivity contribution in [2.24, 2.45) is 4.99 Å². The van der Waals surface area contributed by atoms with Gasteiger partial charge in [0.25, 0.3) is 0 Å². The summed E-state index contributed by atoms with van der Waals surface area (Å²) in [6, 6.07) is 7.69. The number of carbonyl (C=O) groups excluding carboxylic acids is 1. The Hall–Kier alpha value is -1.000. The molecular weight excluding hydrogens is 280 g/mol. The number of nitrogens with zero attached hydrogens (tertiary/aromatic N) is 1. The Morgan fingerprint density at radius 1 is 1.47 bits per heavy atom. The van der Waals surface area contributed by atoms with Gasteiger partial charge < -0.3 is 5.32 Å². The number of benzene rings is 1. The number of aliphatic imine (C=N–C) groups is 1. The highest BCUT2D eigenvalue weighted by atomic mass is 35.5. The van der Waals surface area contributed by atoms with Gasteiger partial charge in [0, 0.05) is 23.0 Å². The molecule has 1 aliphatic heterocycles. The van der Waals surface area contributed by atoms with E-state index < -0.39 is 0 Å². The van der Waals surface area contributed by atoms with Gasteiger partial charge in [0.1, 0.15) is 0 Å². The Morgan fingerprint density at radius 3 is 2.84 bits per heavy atom. The molecule has 1 N–H and O–H groups in total. The number of thioether (sulfide) groups is 1. The molecule has 19 heavy (non-hydrogen) atoms. The monoisotopic (exact) mass is 296 g/mol. The summed E-state index contributed by atoms with van der Waals surface area (Å²) in [6.07, 6.45) is 1.25. The third-order valence-electron chi connectivity index (χ3n) is 2.87. The van der Waals surface area contributed by atoms with Crippen molar-refractivity contribution in [3.05, 3.63) is 34.9 Å². The van der Waals surface area contributed by atoms with E-state index in [1.54, 1.807) is 11.8 Å². The minimum absolute atomic E-state index is 0.0578. The number of carbonyl (C=O) groups is 1. The molecule has 102 valence electrons. The largest absolute Gasteiger partial charge is 0.355 e. The highest BCUT2D eigenvalue weighted by Crippen LogP contribution is 2.20. The minimum Gasteiger partial charge on any atom is -0.355 e. The van der Waals surface area contributed by atoms with E-state index in [1.807, 2.05) is 24.3 Å². The lowest BCUT2D eigenvalue weighted by Gasteiger charge is -2.05. The standard InChI is InChI=1S/C14H17ClN2OS/c1-10-17-13(9-19-10)8-14(18)16-7-6-11-2-4-12(15)5-3-11/h2-5,10H,6-9H2,1H3,(H,16,18). The van der Waals surface area contributed by atoms with Gasteiger partial charge in [-0.3, -0.25) is 9.79 Å². The van der Waals surface area contributed by atoms with Gasteiger partial charge in [0.2, 0.25) is 5.91 Å². The summed E-state index contributed by atoms with van der Waals surface area (Å²) in [4.78, 5) is 16.1. The Bertz CT molecular complexity index is 473. The zero-order chi connectivity index (χ0) is 13.7. The summed E-state index contributed by atoms with van der Waals surface area (Å²) >= 11 is 7.59. The summed E-state index contributed by atoms with van der Waals surface area (Å²) < 4.78 is 0. The summed E-state index contributed by atoms with van der Waals surface area (Å²) in [5.41, 5.74) is 2.17. The maximum absolute atomic E-state index is 11.7. The Labute approximate surface area is 122 Å². The molecule has 5 heteroatoms. The molecule has 0 bridgehead atoms. The van der Waals surface area contributed by atoms with Crippen LogP contribution in [0.4, 0.5) is 0 Å². The first-order valence-electron chi connectivity index (χ1n) is 6.32. The van der Waals surface area contributed by atoms with Gasteiger partial charge in [0.05, 0.1) is 11.8 Å². The fourth-order valence-electron chi connectivity index (χ4n) is 1.89. The zero-order valence-electron chi connectivity index (χ0n) is 10.9. The molecule has 0 aromatic heterocycles. The van der Waals surface area contributed by atoms with Crippen LogP contribution in [-0.2, 0) is 11.2 Å². The van der Waals surface area contributed by atoms with Crippen LogP contribution in [0.25, 0.3) is 0 Å². The van der Waals surface area contributed by atoms with E-state index in [-0.39, 0.29) is 5.91 Å². The molecule has 3 nitrogen and oxygen atoms in total. The van der Waals surface area contributed by atoms with Gasteiger partial charge in [0.15, 0.2) is 0 Å². The number of rotatable bonds is 5. The lowest BCUT2D eigenvalue weighted by Crippen LogP contribution is -2.27. The van der Waals surface area contributed by atoms with Gasteiger partial charge >= 0.3 is 0 Å². The van der Waals surface area contributed by atoms with E-state index in [9.17, 15) is 4.79 Å². The van der Waals surface area contributed by atoms with Crippen LogP contribution in [0.1, 0.15) is 18.9 Å². The first-order chi connectivity index (χ1) is 9.13. The van der Waals surface area contributed by atoms with Gasteiger partial charge in [-0.15, -0.1) is 11.8 Å². The minimum atomic E-state index is 0.0578. The molecule has 0 aliphatic carbocycles. The molecule has 1 amide bonds. The van der Waals surface area contributed by atoms with Crippen molar-refractivity contribution in [1.82, 2.24) is 5.32 Å². The maximum Gasteiger partial charge on any atom is 0.225 e. The van der Waals surface area contributed by atoms with Crippen LogP contribution < -0.4 is 5.32 Å². The predicted octanol–water partition coefficient (Wildman–Crippen LogP) is 2.92. The van der Waals surface area contributed by atoms with Crippen LogP contribution in [-0.4, -0.2) is 29.3 Å². The van der Waals surface area contributed by atoms with Crippen molar-refractivity contribution in [2.75, 3.05) is 12.3 Å². The summed E-state index contributed by atoms with van der Waals surface area (Å²) in [7, 11) is 0. The van der Waals surface area contributed by atoms with E-state index >= 15 is 0 Å². The average Bonchev–Trinajstić information content (AvgIpc) is 2.77. The fourth-order valence-corrected chi connectivity index (χ4v) is 2.85. The fraction of sp³-hybridized carbons (Fsp3) is 0.429. The highest BCUT2D eigenvalue weighted by Gasteiger charge is 2.15. The predicted molar refractivity (Wildman–Crippen MR) is 82.1 cm³/mol. The van der Waals surface area contributed by atoms with Gasteiger partial charge in [-0.1, -0.05) is 23.7 Å². The third-order valence-corrected chi connectivity index (χ3v) is 4.21. The number of nitrogens with one attached hydrogen (secondary N) is 1. The third kappa shape index (κ3) is 4.88. The highest BCUT2D eigenvalue weighted by molar-refractivity contribution is 8.00. The molecular formula is C14H17ClN2OS. The topological polar surface area (TPSA) is 41.5 Å². The van der Waals surface area contributed by atoms with E-state index in [0.29, 0.717) is 18.3 Å². The SMILES string of the molecule is CC1N=C(CC(=O)NCCc2ccc(Cl)cc2)CS1. The first-order valence-corrected chi connectivity index (χ1v) is 7.74. The van der Waals surface area contributed by atoms with E-state index in [4.69, 9.17) is 11.6 Å². The molecule has 0 saturated carbocycles. The molecule has 1 aliphatic rings. The summed E-state index contributed by atoms with van der Waals surface area (Å²) in [5, 5.41) is 3.96. The van der Waals surface area contributed by atoms with Crippen molar-refractivity contribution in [3.8, 4) is 0 Å². The van der Waals surface area contributed by atoms with Gasteiger partial charge in [-0.25, -0.2) is 0 Å². The number of hydrogen-bond acceptors (Lipinski definition) is 3. The van der Waals surface area contributed by atoms with E-state index in [2.05, 4.69) is 17.2 Å². The van der Waals surface area contributed by atoms with Crippen molar-refractivity contribution >= 4 is 35.0 Å². The normalized spacial score (nSPS) is 18.2. The molecule has 0 spiro atoms. The number of amides is 1. The quantitative estimate of drug-likeness (QED) is 0.908. The van der Waals surface area contributed by atoms with Crippen molar-refractivity contribution < 1.29 is 4.79 Å². The molecule has 1 atom stereocenters. The van der Waals surface area contributed by atoms with E-state index in [0.717, 1.165) is 22.9 Å². The summed E-state index contributed by atoms with van der Waals surface area (Å²) in [6.45, 7) is 2.70. The molecule has 2 rings (SSSR count). The second-order valence-electron chi connectivity index (χ2n) is 4.51. The molecule has 0 saturated heterocycles. The Kier molecular flexibility index (Phi) is 5.28. The molecule has 0 radical (unpaired) electrons. The second kappa shape index (κ2) is 6.96. The van der Waals surface area contributed by atoms with Gasteiger partial charge in [-0.2, -0.15) is 0 Å². The van der Waals surface area contributed by atoms with Crippen molar-refractivity contribution in [3.63, 3.8) is 0 Å². The second-order valence-corrected chi connectivity index (χ2v) is 6.25. The molecule has 1 unspecified atom stereocenters. The maximum atomic E-state index is 11.7. The zero-order valence-corrected chi connectivity index (χ0v) is 12.4. The van der Waals surface area contributed by atoms with E-state index in [1.165, 1.54) is 5.56 Å². The number of hydrogen-bond donors (Lipinski definition) is 1. The Morgan fingerprint density at radius 2 is 2.21 bits per heavy atom. The Balaban J connectivity index is 1.69. The van der Waals surface area contributed by atoms with Crippen LogP contribution >= 0.6 is 23.4 Å². The van der Waals surface area contributed by atoms with Crippen molar-refractivity contribution in [1.29, 1.82) is 0 Å². The molecule has 0 fully saturated rings. The van der Waals surface area contributed by atoms with Crippen LogP contribution in [0.3, 0.4) is 0 Å². The number of halogens is 1. The van der Waals surface area contributed by atoms with Crippen LogP contribution in [0, 0.1) is 0 Å². The molecule has 1 heterocycles. The van der Waals surface area contributed by atoms with Gasteiger partial charge in [-0.05, 0) is 31.0 Å². The van der Waals surface area contributed by atoms with Crippen LogP contribution in [0.2, 0.25) is 5.02 Å². The lowest BCUT2D eigenvalue weighted by molar-refractivity contribution is -0.119.